The van der Waals surface area contributed by atoms with Crippen LogP contribution in [0.2, 0.25) is 5.02 Å². The smallest absolute Gasteiger partial charge is 0.329 e. The second-order valence-electron chi connectivity index (χ2n) is 5.24. The van der Waals surface area contributed by atoms with Crippen LogP contribution in [0.25, 0.3) is 0 Å². The van der Waals surface area contributed by atoms with Crippen LogP contribution in [0.5, 0.6) is 11.5 Å². The first kappa shape index (κ1) is 18.2. The summed E-state index contributed by atoms with van der Waals surface area (Å²) in [5.41, 5.74) is 3.66. The van der Waals surface area contributed by atoms with Gasteiger partial charge in [0.15, 0.2) is 11.5 Å². The fraction of sp³-hybridized carbons (Fsp3) is 0.118. The Hall–Kier alpha value is -2.58. The number of carbonyl (C=O) groups excluding carboxylic acids is 2. The molecule has 0 unspecified atom stereocenters. The maximum atomic E-state index is 11.8. The zero-order valence-electron chi connectivity index (χ0n) is 13.3. The van der Waals surface area contributed by atoms with E-state index in [-0.39, 0.29) is 13.3 Å². The molecular weight excluding hydrogens is 426 g/mol. The summed E-state index contributed by atoms with van der Waals surface area (Å²) in [4.78, 5) is 23.5. The van der Waals surface area contributed by atoms with E-state index in [4.69, 9.17) is 21.1 Å². The van der Waals surface area contributed by atoms with Crippen LogP contribution < -0.4 is 20.2 Å². The number of hydrogen-bond donors (Lipinski definition) is 2. The monoisotopic (exact) mass is 437 g/mol. The highest BCUT2D eigenvalue weighted by Crippen LogP contribution is 2.36. The number of hydrazone groups is 1. The first-order valence-corrected chi connectivity index (χ1v) is 8.65. The van der Waals surface area contributed by atoms with E-state index in [0.717, 1.165) is 5.56 Å². The third-order valence-electron chi connectivity index (χ3n) is 3.43. The van der Waals surface area contributed by atoms with Crippen molar-refractivity contribution in [3.05, 3.63) is 57.0 Å². The Morgan fingerprint density at radius 3 is 2.58 bits per heavy atom. The minimum atomic E-state index is -0.868. The first-order valence-electron chi connectivity index (χ1n) is 7.48. The van der Waals surface area contributed by atoms with Crippen LogP contribution in [0.15, 0.2) is 46.0 Å². The summed E-state index contributed by atoms with van der Waals surface area (Å²) in [5.74, 6) is -0.449. The SMILES string of the molecule is O=C(NCc1ccc(Cl)cc1)C(=O)N/N=C\c1cc2c(cc1Br)OCO2. The number of fused-ring (bicyclic) bond motifs is 1. The maximum absolute atomic E-state index is 11.8. The Kier molecular flexibility index (Phi) is 5.75. The minimum Gasteiger partial charge on any atom is -0.454 e. The van der Waals surface area contributed by atoms with Gasteiger partial charge in [0.05, 0.1) is 6.21 Å². The van der Waals surface area contributed by atoms with E-state index in [1.54, 1.807) is 36.4 Å². The largest absolute Gasteiger partial charge is 0.454 e. The molecule has 1 aliphatic rings. The van der Waals surface area contributed by atoms with Crippen LogP contribution in [0.3, 0.4) is 0 Å². The number of carbonyl (C=O) groups is 2. The van der Waals surface area contributed by atoms with Gasteiger partial charge in [-0.2, -0.15) is 5.10 Å². The van der Waals surface area contributed by atoms with Gasteiger partial charge in [-0.15, -0.1) is 0 Å². The van der Waals surface area contributed by atoms with E-state index in [0.29, 0.717) is 26.6 Å². The van der Waals surface area contributed by atoms with Crippen molar-refractivity contribution < 1.29 is 19.1 Å². The number of rotatable bonds is 4. The Labute approximate surface area is 162 Å². The summed E-state index contributed by atoms with van der Waals surface area (Å²) >= 11 is 9.16. The van der Waals surface area contributed by atoms with Crippen molar-refractivity contribution in [3.63, 3.8) is 0 Å². The van der Waals surface area contributed by atoms with Crippen molar-refractivity contribution in [2.75, 3.05) is 6.79 Å². The van der Waals surface area contributed by atoms with Crippen LogP contribution in [0.4, 0.5) is 0 Å². The number of amides is 2. The van der Waals surface area contributed by atoms with Gasteiger partial charge >= 0.3 is 11.8 Å². The van der Waals surface area contributed by atoms with Crippen molar-refractivity contribution in [3.8, 4) is 11.5 Å². The molecular formula is C17H13BrClN3O4. The average molecular weight is 439 g/mol. The second-order valence-corrected chi connectivity index (χ2v) is 6.53. The normalized spacial score (nSPS) is 12.2. The predicted octanol–water partition coefficient (Wildman–Crippen LogP) is 2.60. The molecule has 0 radical (unpaired) electrons. The molecule has 134 valence electrons. The molecule has 2 N–H and O–H groups in total. The number of halogens is 2. The number of nitrogens with one attached hydrogen (secondary N) is 2. The molecule has 0 saturated carbocycles. The molecule has 9 heteroatoms. The molecule has 0 fully saturated rings. The van der Waals surface area contributed by atoms with Gasteiger partial charge in [-0.1, -0.05) is 23.7 Å². The van der Waals surface area contributed by atoms with Crippen molar-refractivity contribution in [1.29, 1.82) is 0 Å². The van der Waals surface area contributed by atoms with Crippen LogP contribution in [0.1, 0.15) is 11.1 Å². The summed E-state index contributed by atoms with van der Waals surface area (Å²) in [5, 5.41) is 6.88. The molecule has 3 rings (SSSR count). The molecule has 7 nitrogen and oxygen atoms in total. The van der Waals surface area contributed by atoms with E-state index < -0.39 is 11.8 Å². The highest BCUT2D eigenvalue weighted by Gasteiger charge is 2.16. The van der Waals surface area contributed by atoms with Crippen LogP contribution in [0, 0.1) is 0 Å². The molecule has 1 aliphatic heterocycles. The van der Waals surface area contributed by atoms with E-state index in [9.17, 15) is 9.59 Å². The molecule has 0 aromatic heterocycles. The molecule has 0 aliphatic carbocycles. The molecule has 2 aromatic carbocycles. The van der Waals surface area contributed by atoms with Crippen molar-refractivity contribution in [1.82, 2.24) is 10.7 Å². The van der Waals surface area contributed by atoms with Crippen molar-refractivity contribution in [2.24, 2.45) is 5.10 Å². The van der Waals surface area contributed by atoms with Crippen molar-refractivity contribution >= 4 is 45.6 Å². The number of ether oxygens (including phenoxy) is 2. The zero-order chi connectivity index (χ0) is 18.5. The van der Waals surface area contributed by atoms with Gasteiger partial charge in [0.25, 0.3) is 0 Å². The van der Waals surface area contributed by atoms with E-state index in [2.05, 4.69) is 31.8 Å². The Morgan fingerprint density at radius 2 is 1.85 bits per heavy atom. The van der Waals surface area contributed by atoms with Crippen LogP contribution >= 0.6 is 27.5 Å². The van der Waals surface area contributed by atoms with Gasteiger partial charge in [0, 0.05) is 21.6 Å². The van der Waals surface area contributed by atoms with Gasteiger partial charge in [-0.3, -0.25) is 9.59 Å². The summed E-state index contributed by atoms with van der Waals surface area (Å²) in [6.45, 7) is 0.369. The minimum absolute atomic E-state index is 0.160. The lowest BCUT2D eigenvalue weighted by Gasteiger charge is -2.04. The van der Waals surface area contributed by atoms with Gasteiger partial charge in [0.2, 0.25) is 6.79 Å². The highest BCUT2D eigenvalue weighted by atomic mass is 79.9. The molecule has 2 aromatic rings. The standard InChI is InChI=1S/C17H13BrClN3O4/c18-13-6-15-14(25-9-26-15)5-11(13)8-21-22-17(24)16(23)20-7-10-1-3-12(19)4-2-10/h1-6,8H,7,9H2,(H,20,23)(H,22,24)/b21-8-. The Balaban J connectivity index is 1.52. The summed E-state index contributed by atoms with van der Waals surface area (Å²) in [6, 6.07) is 10.4. The zero-order valence-corrected chi connectivity index (χ0v) is 15.6. The summed E-state index contributed by atoms with van der Waals surface area (Å²) in [7, 11) is 0. The fourth-order valence-corrected chi connectivity index (χ4v) is 2.66. The highest BCUT2D eigenvalue weighted by molar-refractivity contribution is 9.10. The molecule has 2 amide bonds. The predicted molar refractivity (Wildman–Crippen MR) is 99.3 cm³/mol. The topological polar surface area (TPSA) is 89.0 Å². The molecule has 26 heavy (non-hydrogen) atoms. The lowest BCUT2D eigenvalue weighted by molar-refractivity contribution is -0.139. The van der Waals surface area contributed by atoms with Gasteiger partial charge < -0.3 is 14.8 Å². The van der Waals surface area contributed by atoms with Gasteiger partial charge in [0.1, 0.15) is 0 Å². The summed E-state index contributed by atoms with van der Waals surface area (Å²) in [6.07, 6.45) is 1.40. The third-order valence-corrected chi connectivity index (χ3v) is 4.37. The van der Waals surface area contributed by atoms with Crippen LogP contribution in [-0.4, -0.2) is 24.8 Å². The van der Waals surface area contributed by atoms with E-state index in [1.165, 1.54) is 6.21 Å². The first-order chi connectivity index (χ1) is 12.5. The molecule has 1 heterocycles. The maximum Gasteiger partial charge on any atom is 0.329 e. The van der Waals surface area contributed by atoms with E-state index in [1.807, 2.05) is 0 Å². The Morgan fingerprint density at radius 1 is 1.15 bits per heavy atom. The summed E-state index contributed by atoms with van der Waals surface area (Å²) < 4.78 is 11.2. The fourth-order valence-electron chi connectivity index (χ4n) is 2.11. The van der Waals surface area contributed by atoms with Gasteiger partial charge in [-0.05, 0) is 45.8 Å². The molecule has 0 spiro atoms. The van der Waals surface area contributed by atoms with Crippen molar-refractivity contribution in [2.45, 2.75) is 6.54 Å². The molecule has 0 atom stereocenters. The Bertz CT molecular complexity index is 871. The number of benzene rings is 2. The molecule has 0 saturated heterocycles. The third kappa shape index (κ3) is 4.53. The number of nitrogens with zero attached hydrogens (tertiary/aromatic N) is 1. The average Bonchev–Trinajstić information content (AvgIpc) is 3.08. The van der Waals surface area contributed by atoms with E-state index >= 15 is 0 Å². The van der Waals surface area contributed by atoms with Gasteiger partial charge in [-0.25, -0.2) is 5.43 Å². The molecule has 0 bridgehead atoms. The van der Waals surface area contributed by atoms with Crippen LogP contribution in [-0.2, 0) is 16.1 Å². The lowest BCUT2D eigenvalue weighted by Crippen LogP contribution is -2.37. The lowest BCUT2D eigenvalue weighted by atomic mass is 10.2. The number of hydrogen-bond acceptors (Lipinski definition) is 5. The quantitative estimate of drug-likeness (QED) is 0.436. The second kappa shape index (κ2) is 8.20.